The van der Waals surface area contributed by atoms with Crippen LogP contribution in [0.25, 0.3) is 0 Å². The smallest absolute Gasteiger partial charge is 0.251 e. The van der Waals surface area contributed by atoms with Crippen LogP contribution in [0.2, 0.25) is 0 Å². The number of carbonyl (C=O) groups excluding carboxylic acids is 1. The van der Waals surface area contributed by atoms with Crippen LogP contribution in [0.4, 0.5) is 4.39 Å². The van der Waals surface area contributed by atoms with Crippen LogP contribution in [0, 0.1) is 5.82 Å². The maximum atomic E-state index is 13.4. The summed E-state index contributed by atoms with van der Waals surface area (Å²) >= 11 is 0. The highest BCUT2D eigenvalue weighted by molar-refractivity contribution is 5.94. The SMILES string of the molecule is NCc1cc(C(=O)NCCc2ccccc2F)ccn1. The number of nitrogens with one attached hydrogen (secondary N) is 1. The van der Waals surface area contributed by atoms with Gasteiger partial charge in [0.2, 0.25) is 0 Å². The van der Waals surface area contributed by atoms with E-state index in [0.717, 1.165) is 0 Å². The van der Waals surface area contributed by atoms with Crippen molar-refractivity contribution in [2.75, 3.05) is 6.54 Å². The largest absolute Gasteiger partial charge is 0.352 e. The normalized spacial score (nSPS) is 10.3. The van der Waals surface area contributed by atoms with Crippen molar-refractivity contribution in [3.8, 4) is 0 Å². The number of hydrogen-bond acceptors (Lipinski definition) is 3. The van der Waals surface area contributed by atoms with Crippen LogP contribution in [-0.2, 0) is 13.0 Å². The van der Waals surface area contributed by atoms with Gasteiger partial charge in [-0.05, 0) is 30.2 Å². The molecule has 0 saturated carbocycles. The first-order chi connectivity index (χ1) is 9.70. The summed E-state index contributed by atoms with van der Waals surface area (Å²) in [5.41, 5.74) is 7.23. The van der Waals surface area contributed by atoms with Crippen LogP contribution in [0.5, 0.6) is 0 Å². The van der Waals surface area contributed by atoms with Crippen LogP contribution < -0.4 is 11.1 Å². The standard InChI is InChI=1S/C15H16FN3O/c16-14-4-2-1-3-11(14)5-8-19-15(20)12-6-7-18-13(9-12)10-17/h1-4,6-7,9H,5,8,10,17H2,(H,19,20). The Balaban J connectivity index is 1.91. The Bertz CT molecular complexity index is 601. The molecule has 0 spiro atoms. The van der Waals surface area contributed by atoms with Crippen molar-refractivity contribution in [3.05, 3.63) is 65.2 Å². The molecule has 1 aromatic heterocycles. The maximum absolute atomic E-state index is 13.4. The molecule has 2 aromatic rings. The van der Waals surface area contributed by atoms with Gasteiger partial charge in [-0.25, -0.2) is 4.39 Å². The third kappa shape index (κ3) is 3.61. The third-order valence-corrected chi connectivity index (χ3v) is 2.93. The van der Waals surface area contributed by atoms with Gasteiger partial charge in [-0.2, -0.15) is 0 Å². The molecule has 104 valence electrons. The Morgan fingerprint density at radius 3 is 2.85 bits per heavy atom. The van der Waals surface area contributed by atoms with E-state index < -0.39 is 0 Å². The predicted molar refractivity (Wildman–Crippen MR) is 74.6 cm³/mol. The van der Waals surface area contributed by atoms with Crippen molar-refractivity contribution < 1.29 is 9.18 Å². The molecule has 0 saturated heterocycles. The Morgan fingerprint density at radius 2 is 2.10 bits per heavy atom. The highest BCUT2D eigenvalue weighted by Crippen LogP contribution is 2.06. The second-order valence-corrected chi connectivity index (χ2v) is 4.34. The van der Waals surface area contributed by atoms with Crippen LogP contribution in [0.1, 0.15) is 21.6 Å². The molecule has 2 rings (SSSR count). The van der Waals surface area contributed by atoms with E-state index in [-0.39, 0.29) is 18.3 Å². The van der Waals surface area contributed by atoms with E-state index in [4.69, 9.17) is 5.73 Å². The maximum Gasteiger partial charge on any atom is 0.251 e. The Hall–Kier alpha value is -2.27. The molecule has 1 heterocycles. The number of carbonyl (C=O) groups is 1. The molecule has 0 bridgehead atoms. The zero-order valence-electron chi connectivity index (χ0n) is 11.0. The van der Waals surface area contributed by atoms with E-state index >= 15 is 0 Å². The van der Waals surface area contributed by atoms with Gasteiger partial charge in [-0.1, -0.05) is 18.2 Å². The molecular weight excluding hydrogens is 257 g/mol. The highest BCUT2D eigenvalue weighted by atomic mass is 19.1. The van der Waals surface area contributed by atoms with Crippen LogP contribution in [0.15, 0.2) is 42.6 Å². The van der Waals surface area contributed by atoms with Crippen molar-refractivity contribution in [1.82, 2.24) is 10.3 Å². The number of nitrogens with two attached hydrogens (primary N) is 1. The minimum absolute atomic E-state index is 0.210. The van der Waals surface area contributed by atoms with Crippen molar-refractivity contribution in [2.45, 2.75) is 13.0 Å². The molecule has 20 heavy (non-hydrogen) atoms. The summed E-state index contributed by atoms with van der Waals surface area (Å²) < 4.78 is 13.4. The van der Waals surface area contributed by atoms with Crippen LogP contribution in [-0.4, -0.2) is 17.4 Å². The van der Waals surface area contributed by atoms with E-state index in [1.54, 1.807) is 36.5 Å². The first-order valence-corrected chi connectivity index (χ1v) is 6.37. The Kier molecular flexibility index (Phi) is 4.79. The van der Waals surface area contributed by atoms with E-state index in [2.05, 4.69) is 10.3 Å². The second-order valence-electron chi connectivity index (χ2n) is 4.34. The molecule has 3 N–H and O–H groups in total. The number of rotatable bonds is 5. The molecule has 1 amide bonds. The third-order valence-electron chi connectivity index (χ3n) is 2.93. The molecule has 0 aliphatic rings. The van der Waals surface area contributed by atoms with Gasteiger partial charge >= 0.3 is 0 Å². The number of aromatic nitrogens is 1. The number of halogens is 1. The molecule has 0 fully saturated rings. The van der Waals surface area contributed by atoms with Crippen LogP contribution in [0.3, 0.4) is 0 Å². The summed E-state index contributed by atoms with van der Waals surface area (Å²) in [7, 11) is 0. The fourth-order valence-corrected chi connectivity index (χ4v) is 1.84. The molecule has 5 heteroatoms. The lowest BCUT2D eigenvalue weighted by molar-refractivity contribution is 0.0954. The molecule has 4 nitrogen and oxygen atoms in total. The summed E-state index contributed by atoms with van der Waals surface area (Å²) in [5.74, 6) is -0.463. The van der Waals surface area contributed by atoms with Gasteiger partial charge in [0, 0.05) is 24.8 Å². The van der Waals surface area contributed by atoms with Crippen molar-refractivity contribution >= 4 is 5.91 Å². The fraction of sp³-hybridized carbons (Fsp3) is 0.200. The number of benzene rings is 1. The summed E-state index contributed by atoms with van der Waals surface area (Å²) in [4.78, 5) is 15.9. The van der Waals surface area contributed by atoms with Crippen molar-refractivity contribution in [3.63, 3.8) is 0 Å². The summed E-state index contributed by atoms with van der Waals surface area (Å²) in [6.07, 6.45) is 2.00. The van der Waals surface area contributed by atoms with Gasteiger partial charge in [-0.3, -0.25) is 9.78 Å². The van der Waals surface area contributed by atoms with Crippen molar-refractivity contribution in [2.24, 2.45) is 5.73 Å². The molecule has 0 aliphatic carbocycles. The summed E-state index contributed by atoms with van der Waals surface area (Å²) in [6, 6.07) is 9.81. The lowest BCUT2D eigenvalue weighted by atomic mass is 10.1. The molecule has 1 aromatic carbocycles. The van der Waals surface area contributed by atoms with Gasteiger partial charge in [0.1, 0.15) is 5.82 Å². The minimum Gasteiger partial charge on any atom is -0.352 e. The first-order valence-electron chi connectivity index (χ1n) is 6.37. The van der Waals surface area contributed by atoms with Gasteiger partial charge in [0.05, 0.1) is 5.69 Å². The number of pyridine rings is 1. The van der Waals surface area contributed by atoms with Gasteiger partial charge < -0.3 is 11.1 Å². The molecule has 0 aliphatic heterocycles. The first kappa shape index (κ1) is 14.1. The van der Waals surface area contributed by atoms with Gasteiger partial charge in [-0.15, -0.1) is 0 Å². The number of amides is 1. The van der Waals surface area contributed by atoms with Gasteiger partial charge in [0.25, 0.3) is 5.91 Å². The quantitative estimate of drug-likeness (QED) is 0.870. The lowest BCUT2D eigenvalue weighted by Crippen LogP contribution is -2.26. The van der Waals surface area contributed by atoms with Crippen LogP contribution >= 0.6 is 0 Å². The van der Waals surface area contributed by atoms with E-state index in [1.807, 2.05) is 0 Å². The second kappa shape index (κ2) is 6.77. The monoisotopic (exact) mass is 273 g/mol. The number of hydrogen-bond donors (Lipinski definition) is 2. The molecule has 0 unspecified atom stereocenters. The predicted octanol–water partition coefficient (Wildman–Crippen LogP) is 1.65. The summed E-state index contributed by atoms with van der Waals surface area (Å²) in [6.45, 7) is 0.663. The van der Waals surface area contributed by atoms with Gasteiger partial charge in [0.15, 0.2) is 0 Å². The number of nitrogens with zero attached hydrogens (tertiary/aromatic N) is 1. The topological polar surface area (TPSA) is 68.0 Å². The Labute approximate surface area is 116 Å². The summed E-state index contributed by atoms with van der Waals surface area (Å²) in [5, 5.41) is 2.75. The molecule has 0 radical (unpaired) electrons. The van der Waals surface area contributed by atoms with E-state index in [1.165, 1.54) is 6.07 Å². The van der Waals surface area contributed by atoms with Crippen molar-refractivity contribution in [1.29, 1.82) is 0 Å². The Morgan fingerprint density at radius 1 is 1.30 bits per heavy atom. The average molecular weight is 273 g/mol. The molecular formula is C15H16FN3O. The van der Waals surface area contributed by atoms with E-state index in [0.29, 0.717) is 29.8 Å². The fourth-order valence-electron chi connectivity index (χ4n) is 1.84. The zero-order valence-corrected chi connectivity index (χ0v) is 11.0. The highest BCUT2D eigenvalue weighted by Gasteiger charge is 2.07. The minimum atomic E-state index is -0.254. The lowest BCUT2D eigenvalue weighted by Gasteiger charge is -2.07. The van der Waals surface area contributed by atoms with E-state index in [9.17, 15) is 9.18 Å². The molecule has 0 atom stereocenters. The zero-order chi connectivity index (χ0) is 14.4. The average Bonchev–Trinajstić information content (AvgIpc) is 2.49.